The highest BCUT2D eigenvalue weighted by Gasteiger charge is 1.95. The first kappa shape index (κ1) is 14.2. The largest absolute Gasteiger partial charge is 0.314 e. The third-order valence-corrected chi connectivity index (χ3v) is 2.22. The van der Waals surface area contributed by atoms with E-state index in [0.29, 0.717) is 6.04 Å². The maximum atomic E-state index is 3.63. The van der Waals surface area contributed by atoms with Gasteiger partial charge in [0.1, 0.15) is 0 Å². The Kier molecular flexibility index (Phi) is 10.6. The Balaban J connectivity index is 3.39. The van der Waals surface area contributed by atoms with E-state index in [9.17, 15) is 0 Å². The first-order chi connectivity index (χ1) is 7.31. The van der Waals surface area contributed by atoms with E-state index < -0.39 is 0 Å². The molecule has 0 aliphatic carbocycles. The maximum Gasteiger partial charge on any atom is 0.00732 e. The molecule has 0 amide bonds. The number of unbranched alkanes of at least 4 members (excludes halogenated alkanes) is 1. The summed E-state index contributed by atoms with van der Waals surface area (Å²) in [7, 11) is 0. The summed E-state index contributed by atoms with van der Waals surface area (Å²) < 4.78 is 0. The van der Waals surface area contributed by atoms with Crippen LogP contribution in [0.3, 0.4) is 0 Å². The van der Waals surface area contributed by atoms with E-state index in [1.54, 1.807) is 0 Å². The predicted octanol–water partition coefficient (Wildman–Crippen LogP) is 3.84. The first-order valence-corrected chi connectivity index (χ1v) is 5.97. The van der Waals surface area contributed by atoms with Gasteiger partial charge in [-0.3, -0.25) is 0 Å². The van der Waals surface area contributed by atoms with E-state index in [2.05, 4.69) is 44.0 Å². The van der Waals surface area contributed by atoms with Crippen LogP contribution in [-0.2, 0) is 0 Å². The summed E-state index contributed by atoms with van der Waals surface area (Å²) in [5.74, 6) is 0. The van der Waals surface area contributed by atoms with E-state index in [1.165, 1.54) is 12.8 Å². The van der Waals surface area contributed by atoms with Gasteiger partial charge in [0.15, 0.2) is 0 Å². The molecule has 0 saturated heterocycles. The van der Waals surface area contributed by atoms with Gasteiger partial charge in [-0.05, 0) is 32.7 Å². The van der Waals surface area contributed by atoms with Crippen molar-refractivity contribution < 1.29 is 0 Å². The Morgan fingerprint density at radius 3 is 2.73 bits per heavy atom. The number of nitrogens with one attached hydrogen (secondary N) is 1. The van der Waals surface area contributed by atoms with Gasteiger partial charge in [0.05, 0.1) is 0 Å². The lowest BCUT2D eigenvalue weighted by molar-refractivity contribution is 0.537. The molecule has 0 heterocycles. The highest BCUT2D eigenvalue weighted by atomic mass is 14.9. The fourth-order valence-corrected chi connectivity index (χ4v) is 1.26. The van der Waals surface area contributed by atoms with Gasteiger partial charge in [-0.25, -0.2) is 0 Å². The van der Waals surface area contributed by atoms with E-state index in [-0.39, 0.29) is 0 Å². The average molecular weight is 207 g/mol. The molecule has 1 atom stereocenters. The quantitative estimate of drug-likeness (QED) is 0.344. The second kappa shape index (κ2) is 11.3. The van der Waals surface area contributed by atoms with Crippen LogP contribution < -0.4 is 5.32 Å². The molecule has 1 N–H and O–H groups in total. The Morgan fingerprint density at radius 2 is 2.07 bits per heavy atom. The molecule has 15 heavy (non-hydrogen) atoms. The lowest BCUT2D eigenvalue weighted by atomic mass is 10.2. The average Bonchev–Trinajstić information content (AvgIpc) is 2.23. The molecule has 0 aliphatic rings. The van der Waals surface area contributed by atoms with Gasteiger partial charge < -0.3 is 5.32 Å². The minimum atomic E-state index is 0.594. The van der Waals surface area contributed by atoms with Crippen molar-refractivity contribution in [2.45, 2.75) is 45.6 Å². The molecule has 0 radical (unpaired) electrons. The van der Waals surface area contributed by atoms with Gasteiger partial charge in [-0.2, -0.15) is 0 Å². The third-order valence-electron chi connectivity index (χ3n) is 2.22. The molecular weight excluding hydrogens is 182 g/mol. The number of hydrogen-bond donors (Lipinski definition) is 1. The minimum absolute atomic E-state index is 0.594. The first-order valence-electron chi connectivity index (χ1n) is 5.97. The number of rotatable bonds is 9. The van der Waals surface area contributed by atoms with Crippen molar-refractivity contribution in [3.8, 4) is 0 Å². The normalized spacial score (nSPS) is 13.7. The van der Waals surface area contributed by atoms with Crippen LogP contribution in [0, 0.1) is 0 Å². The molecule has 86 valence electrons. The van der Waals surface area contributed by atoms with Crippen LogP contribution in [0.1, 0.15) is 39.5 Å². The molecule has 1 heteroatoms. The van der Waals surface area contributed by atoms with E-state index in [1.807, 2.05) is 12.2 Å². The summed E-state index contributed by atoms with van der Waals surface area (Å²) in [4.78, 5) is 0. The summed E-state index contributed by atoms with van der Waals surface area (Å²) >= 11 is 0. The van der Waals surface area contributed by atoms with Gasteiger partial charge in [-0.15, -0.1) is 0 Å². The van der Waals surface area contributed by atoms with Gasteiger partial charge in [0, 0.05) is 6.04 Å². The number of allylic oxidation sites excluding steroid dienone is 4. The smallest absolute Gasteiger partial charge is 0.00732 e. The van der Waals surface area contributed by atoms with E-state index in [0.717, 1.165) is 19.4 Å². The second-order valence-corrected chi connectivity index (χ2v) is 3.82. The van der Waals surface area contributed by atoms with Crippen LogP contribution in [-0.4, -0.2) is 12.6 Å². The molecule has 0 aromatic carbocycles. The van der Waals surface area contributed by atoms with Gasteiger partial charge in [-0.1, -0.05) is 50.3 Å². The molecule has 0 aromatic rings. The fourth-order valence-electron chi connectivity index (χ4n) is 1.26. The monoisotopic (exact) mass is 207 g/mol. The molecule has 1 unspecified atom stereocenters. The zero-order chi connectivity index (χ0) is 11.4. The Morgan fingerprint density at radius 1 is 1.27 bits per heavy atom. The van der Waals surface area contributed by atoms with Crippen LogP contribution in [0.5, 0.6) is 0 Å². The van der Waals surface area contributed by atoms with E-state index >= 15 is 0 Å². The molecule has 0 bridgehead atoms. The van der Waals surface area contributed by atoms with Crippen LogP contribution >= 0.6 is 0 Å². The van der Waals surface area contributed by atoms with Crippen molar-refractivity contribution in [1.29, 1.82) is 0 Å². The van der Waals surface area contributed by atoms with Gasteiger partial charge in [0.25, 0.3) is 0 Å². The molecule has 0 aliphatic heterocycles. The maximum absolute atomic E-state index is 3.63. The summed E-state index contributed by atoms with van der Waals surface area (Å²) in [6.45, 7) is 9.22. The molecule has 0 rings (SSSR count). The molecule has 0 fully saturated rings. The number of hydrogen-bond acceptors (Lipinski definition) is 1. The van der Waals surface area contributed by atoms with Gasteiger partial charge >= 0.3 is 0 Å². The van der Waals surface area contributed by atoms with Crippen LogP contribution in [0.2, 0.25) is 0 Å². The lowest BCUT2D eigenvalue weighted by Gasteiger charge is -2.10. The SMILES string of the molecule is C=C/C=C/C/C=C/CC(C)NCCCC. The Bertz CT molecular complexity index is 192. The van der Waals surface area contributed by atoms with Crippen molar-refractivity contribution in [2.75, 3.05) is 6.54 Å². The Hall–Kier alpha value is -0.820. The van der Waals surface area contributed by atoms with E-state index in [4.69, 9.17) is 0 Å². The second-order valence-electron chi connectivity index (χ2n) is 3.82. The molecule has 1 nitrogen and oxygen atoms in total. The lowest BCUT2D eigenvalue weighted by Crippen LogP contribution is -2.26. The van der Waals surface area contributed by atoms with Crippen molar-refractivity contribution in [3.05, 3.63) is 37.0 Å². The predicted molar refractivity (Wildman–Crippen MR) is 70.1 cm³/mol. The molecule has 0 saturated carbocycles. The zero-order valence-corrected chi connectivity index (χ0v) is 10.2. The van der Waals surface area contributed by atoms with Crippen LogP contribution in [0.25, 0.3) is 0 Å². The molecular formula is C14H25N. The van der Waals surface area contributed by atoms with Crippen molar-refractivity contribution in [3.63, 3.8) is 0 Å². The summed E-state index contributed by atoms with van der Waals surface area (Å²) in [6.07, 6.45) is 15.0. The topological polar surface area (TPSA) is 12.0 Å². The molecule has 0 spiro atoms. The zero-order valence-electron chi connectivity index (χ0n) is 10.2. The van der Waals surface area contributed by atoms with Crippen molar-refractivity contribution >= 4 is 0 Å². The minimum Gasteiger partial charge on any atom is -0.314 e. The van der Waals surface area contributed by atoms with Crippen molar-refractivity contribution in [2.24, 2.45) is 0 Å². The summed E-state index contributed by atoms with van der Waals surface area (Å²) in [5, 5.41) is 3.50. The highest BCUT2D eigenvalue weighted by molar-refractivity contribution is 5.01. The summed E-state index contributed by atoms with van der Waals surface area (Å²) in [6, 6.07) is 0.594. The van der Waals surface area contributed by atoms with Crippen LogP contribution in [0.15, 0.2) is 37.0 Å². The van der Waals surface area contributed by atoms with Crippen molar-refractivity contribution in [1.82, 2.24) is 5.32 Å². The van der Waals surface area contributed by atoms with Crippen LogP contribution in [0.4, 0.5) is 0 Å². The standard InChI is InChI=1S/C14H25N/c1-4-6-8-9-10-11-12-14(3)15-13-7-5-2/h4,6,8,10-11,14-15H,1,5,7,9,12-13H2,2-3H3/b8-6+,11-10+. The summed E-state index contributed by atoms with van der Waals surface area (Å²) in [5.41, 5.74) is 0. The van der Waals surface area contributed by atoms with Gasteiger partial charge in [0.2, 0.25) is 0 Å². The fraction of sp³-hybridized carbons (Fsp3) is 0.571. The Labute approximate surface area is 95.0 Å². The molecule has 0 aromatic heterocycles. The third kappa shape index (κ3) is 11.1. The highest BCUT2D eigenvalue weighted by Crippen LogP contribution is 1.95.